The van der Waals surface area contributed by atoms with Crippen LogP contribution in [0.4, 0.5) is 0 Å². The molecule has 0 bridgehead atoms. The van der Waals surface area contributed by atoms with E-state index in [2.05, 4.69) is 15.5 Å². The molecule has 0 aliphatic heterocycles. The first-order chi connectivity index (χ1) is 12.2. The Labute approximate surface area is 161 Å². The van der Waals surface area contributed by atoms with Crippen LogP contribution in [0.5, 0.6) is 0 Å². The molecule has 1 heterocycles. The molecule has 8 nitrogen and oxygen atoms in total. The highest BCUT2D eigenvalue weighted by Crippen LogP contribution is 2.35. The van der Waals surface area contributed by atoms with Gasteiger partial charge in [-0.2, -0.15) is 5.10 Å². The maximum absolute atomic E-state index is 12.4. The van der Waals surface area contributed by atoms with Crippen LogP contribution in [-0.2, 0) is 16.6 Å². The van der Waals surface area contributed by atoms with Gasteiger partial charge in [-0.3, -0.25) is 14.5 Å². The second-order valence-electron chi connectivity index (χ2n) is 6.16. The minimum Gasteiger partial charge on any atom is -0.345 e. The van der Waals surface area contributed by atoms with Gasteiger partial charge < -0.3 is 5.32 Å². The summed E-state index contributed by atoms with van der Waals surface area (Å²) in [6, 6.07) is 4.48. The minimum atomic E-state index is -3.75. The molecule has 2 aromatic rings. The fourth-order valence-corrected chi connectivity index (χ4v) is 4.17. The van der Waals surface area contributed by atoms with Crippen molar-refractivity contribution in [3.05, 3.63) is 39.4 Å². The van der Waals surface area contributed by atoms with Gasteiger partial charge in [-0.25, -0.2) is 12.7 Å². The number of carbonyl (C=O) groups is 1. The van der Waals surface area contributed by atoms with Crippen molar-refractivity contribution in [1.82, 2.24) is 24.4 Å². The largest absolute Gasteiger partial charge is 0.345 e. The lowest BCUT2D eigenvalue weighted by molar-refractivity contribution is 0.0949. The van der Waals surface area contributed by atoms with Gasteiger partial charge >= 0.3 is 0 Å². The van der Waals surface area contributed by atoms with E-state index in [-0.39, 0.29) is 22.0 Å². The standard InChI is InChI=1S/C15H18ClN5O3S2/c1-20(2)26(23,24)12-7-9(3-6-11(12)16)14(22)17-8-13-18-19-15(25)21(13)10-4-5-10/h3,6-7,10H,4-5,8H2,1-2H3,(H,17,22)(H,19,25). The number of halogens is 1. The molecule has 0 saturated heterocycles. The summed E-state index contributed by atoms with van der Waals surface area (Å²) in [5.41, 5.74) is 0.196. The Bertz CT molecular complexity index is 1010. The summed E-state index contributed by atoms with van der Waals surface area (Å²) in [5, 5.41) is 9.68. The third kappa shape index (κ3) is 3.68. The van der Waals surface area contributed by atoms with E-state index in [1.54, 1.807) is 0 Å². The number of hydrogen-bond donors (Lipinski definition) is 2. The first-order valence-corrected chi connectivity index (χ1v) is 10.1. The zero-order chi connectivity index (χ0) is 19.1. The van der Waals surface area contributed by atoms with Gasteiger partial charge in [0.25, 0.3) is 5.91 Å². The van der Waals surface area contributed by atoms with Gasteiger partial charge in [-0.1, -0.05) is 11.6 Å². The average Bonchev–Trinajstić information content (AvgIpc) is 3.35. The van der Waals surface area contributed by atoms with E-state index in [9.17, 15) is 13.2 Å². The smallest absolute Gasteiger partial charge is 0.251 e. The van der Waals surface area contributed by atoms with Crippen LogP contribution in [-0.4, -0.2) is 47.5 Å². The van der Waals surface area contributed by atoms with Crippen molar-refractivity contribution in [2.24, 2.45) is 0 Å². The van der Waals surface area contributed by atoms with Crippen LogP contribution in [0.25, 0.3) is 0 Å². The Morgan fingerprint density at radius 3 is 2.77 bits per heavy atom. The third-order valence-corrected chi connectivity index (χ3v) is 6.63. The van der Waals surface area contributed by atoms with Crippen LogP contribution in [0.2, 0.25) is 5.02 Å². The summed E-state index contributed by atoms with van der Waals surface area (Å²) in [5.74, 6) is 0.217. The Hall–Kier alpha value is -1.75. The maximum atomic E-state index is 12.4. The molecule has 26 heavy (non-hydrogen) atoms. The van der Waals surface area contributed by atoms with Gasteiger partial charge in [0.1, 0.15) is 4.90 Å². The van der Waals surface area contributed by atoms with Crippen molar-refractivity contribution in [2.45, 2.75) is 30.3 Å². The molecule has 1 amide bonds. The number of carbonyl (C=O) groups excluding carboxylic acids is 1. The highest BCUT2D eigenvalue weighted by Gasteiger charge is 2.27. The number of amides is 1. The van der Waals surface area contributed by atoms with Gasteiger partial charge in [0, 0.05) is 25.7 Å². The second-order valence-corrected chi connectivity index (χ2v) is 9.08. The molecule has 0 spiro atoms. The van der Waals surface area contributed by atoms with Gasteiger partial charge in [0.2, 0.25) is 10.0 Å². The fraction of sp³-hybridized carbons (Fsp3) is 0.400. The molecular weight excluding hydrogens is 398 g/mol. The van der Waals surface area contributed by atoms with Crippen LogP contribution in [0.3, 0.4) is 0 Å². The monoisotopic (exact) mass is 415 g/mol. The fourth-order valence-electron chi connectivity index (χ4n) is 2.47. The van der Waals surface area contributed by atoms with Gasteiger partial charge in [0.05, 0.1) is 11.6 Å². The first kappa shape index (κ1) is 19.0. The summed E-state index contributed by atoms with van der Waals surface area (Å²) in [6.07, 6.45) is 2.08. The first-order valence-electron chi connectivity index (χ1n) is 7.88. The lowest BCUT2D eigenvalue weighted by Gasteiger charge is -2.14. The SMILES string of the molecule is CN(C)S(=O)(=O)c1cc(C(=O)NCc2n[nH]c(=S)n2C2CC2)ccc1Cl. The topological polar surface area (TPSA) is 100 Å². The van der Waals surface area contributed by atoms with Crippen molar-refractivity contribution in [3.63, 3.8) is 0 Å². The zero-order valence-electron chi connectivity index (χ0n) is 14.2. The second kappa shape index (κ2) is 7.10. The molecule has 1 aliphatic rings. The Kier molecular flexibility index (Phi) is 5.20. The van der Waals surface area contributed by atoms with E-state index in [0.717, 1.165) is 17.1 Å². The van der Waals surface area contributed by atoms with Crippen LogP contribution in [0.1, 0.15) is 35.1 Å². The van der Waals surface area contributed by atoms with Crippen molar-refractivity contribution in [1.29, 1.82) is 0 Å². The molecule has 0 unspecified atom stereocenters. The normalized spacial score (nSPS) is 14.6. The molecule has 1 fully saturated rings. The number of hydrogen-bond acceptors (Lipinski definition) is 5. The lowest BCUT2D eigenvalue weighted by Crippen LogP contribution is -2.26. The number of benzene rings is 1. The summed E-state index contributed by atoms with van der Waals surface area (Å²) < 4.78 is 28.1. The number of nitrogens with one attached hydrogen (secondary N) is 2. The van der Waals surface area contributed by atoms with E-state index in [0.29, 0.717) is 16.6 Å². The quantitative estimate of drug-likeness (QED) is 0.704. The number of aromatic amines is 1. The lowest BCUT2D eigenvalue weighted by atomic mass is 10.2. The molecule has 140 valence electrons. The average molecular weight is 416 g/mol. The van der Waals surface area contributed by atoms with Crippen LogP contribution in [0.15, 0.2) is 23.1 Å². The molecule has 1 aromatic carbocycles. The van der Waals surface area contributed by atoms with Crippen LogP contribution < -0.4 is 5.32 Å². The minimum absolute atomic E-state index is 0.0601. The Balaban J connectivity index is 1.80. The van der Waals surface area contributed by atoms with Gasteiger partial charge in [-0.15, -0.1) is 0 Å². The number of sulfonamides is 1. The molecule has 3 rings (SSSR count). The summed E-state index contributed by atoms with van der Waals surface area (Å²) in [7, 11) is -0.947. The molecular formula is C15H18ClN5O3S2. The van der Waals surface area contributed by atoms with Gasteiger partial charge in [-0.05, 0) is 43.3 Å². The van der Waals surface area contributed by atoms with Crippen molar-refractivity contribution in [3.8, 4) is 0 Å². The predicted octanol–water partition coefficient (Wildman–Crippen LogP) is 2.11. The molecule has 1 aromatic heterocycles. The molecule has 11 heteroatoms. The molecule has 0 radical (unpaired) electrons. The number of H-pyrrole nitrogens is 1. The van der Waals surface area contributed by atoms with Crippen molar-refractivity contribution >= 4 is 39.7 Å². The van der Waals surface area contributed by atoms with Crippen LogP contribution >= 0.6 is 23.8 Å². The highest BCUT2D eigenvalue weighted by molar-refractivity contribution is 7.89. The molecule has 1 saturated carbocycles. The maximum Gasteiger partial charge on any atom is 0.251 e. The summed E-state index contributed by atoms with van der Waals surface area (Å²) in [4.78, 5) is 12.3. The summed E-state index contributed by atoms with van der Waals surface area (Å²) in [6.45, 7) is 0.181. The van der Waals surface area contributed by atoms with E-state index in [1.165, 1.54) is 32.3 Å². The number of rotatable bonds is 6. The molecule has 2 N–H and O–H groups in total. The summed E-state index contributed by atoms with van der Waals surface area (Å²) >= 11 is 11.2. The van der Waals surface area contributed by atoms with E-state index < -0.39 is 15.9 Å². The van der Waals surface area contributed by atoms with E-state index in [4.69, 9.17) is 23.8 Å². The van der Waals surface area contributed by atoms with Crippen molar-refractivity contribution in [2.75, 3.05) is 14.1 Å². The molecule has 1 aliphatic carbocycles. The Morgan fingerprint density at radius 2 is 2.15 bits per heavy atom. The zero-order valence-corrected chi connectivity index (χ0v) is 16.6. The van der Waals surface area contributed by atoms with E-state index in [1.807, 2.05) is 4.57 Å². The van der Waals surface area contributed by atoms with E-state index >= 15 is 0 Å². The number of aromatic nitrogens is 3. The predicted molar refractivity (Wildman–Crippen MR) is 99.2 cm³/mol. The van der Waals surface area contributed by atoms with Crippen LogP contribution in [0, 0.1) is 4.77 Å². The highest BCUT2D eigenvalue weighted by atomic mass is 35.5. The third-order valence-electron chi connectivity index (χ3n) is 4.05. The Morgan fingerprint density at radius 1 is 1.46 bits per heavy atom. The number of nitrogens with zero attached hydrogens (tertiary/aromatic N) is 3. The van der Waals surface area contributed by atoms with Gasteiger partial charge in [0.15, 0.2) is 10.6 Å². The molecule has 0 atom stereocenters. The van der Waals surface area contributed by atoms with Crippen molar-refractivity contribution < 1.29 is 13.2 Å².